The molecule has 6 nitrogen and oxygen atoms in total. The van der Waals surface area contributed by atoms with Crippen molar-refractivity contribution >= 4 is 34.1 Å². The number of carbonyl (C=O) groups is 2. The maximum absolute atomic E-state index is 12.4. The standard InChI is InChI=1S/C16H20N4O2S/c1-10(2)13(14(21)20-16-17-9-11(3)23-16)19-15(22)18-12-7-5-4-6-8-12/h4-10,13H,1-3H3,(H,17,20,21)(H2,18,19,22). The molecule has 23 heavy (non-hydrogen) atoms. The van der Waals surface area contributed by atoms with E-state index in [1.165, 1.54) is 11.3 Å². The number of nitrogens with one attached hydrogen (secondary N) is 3. The van der Waals surface area contributed by atoms with Gasteiger partial charge in [-0.3, -0.25) is 4.79 Å². The van der Waals surface area contributed by atoms with Gasteiger partial charge < -0.3 is 16.0 Å². The molecule has 0 aliphatic heterocycles. The van der Waals surface area contributed by atoms with Gasteiger partial charge in [0.05, 0.1) is 0 Å². The summed E-state index contributed by atoms with van der Waals surface area (Å²) in [7, 11) is 0. The fourth-order valence-electron chi connectivity index (χ4n) is 1.96. The Labute approximate surface area is 139 Å². The molecule has 1 aromatic carbocycles. The molecule has 0 aliphatic carbocycles. The second kappa shape index (κ2) is 7.73. The van der Waals surface area contributed by atoms with Gasteiger partial charge in [0, 0.05) is 16.8 Å². The van der Waals surface area contributed by atoms with E-state index in [4.69, 9.17) is 0 Å². The number of nitrogens with zero attached hydrogens (tertiary/aromatic N) is 1. The van der Waals surface area contributed by atoms with Gasteiger partial charge in [-0.25, -0.2) is 9.78 Å². The molecule has 0 saturated heterocycles. The first-order valence-electron chi connectivity index (χ1n) is 7.31. The molecule has 0 radical (unpaired) electrons. The highest BCUT2D eigenvalue weighted by Crippen LogP contribution is 2.17. The van der Waals surface area contributed by atoms with Crippen molar-refractivity contribution in [3.63, 3.8) is 0 Å². The number of thiazole rings is 1. The molecule has 0 fully saturated rings. The fraction of sp³-hybridized carbons (Fsp3) is 0.312. The highest BCUT2D eigenvalue weighted by atomic mass is 32.1. The average molecular weight is 332 g/mol. The predicted molar refractivity (Wildman–Crippen MR) is 92.7 cm³/mol. The Kier molecular flexibility index (Phi) is 5.70. The molecule has 3 amide bonds. The van der Waals surface area contributed by atoms with Crippen LogP contribution in [0.2, 0.25) is 0 Å². The van der Waals surface area contributed by atoms with E-state index < -0.39 is 12.1 Å². The van der Waals surface area contributed by atoms with Gasteiger partial charge in [-0.1, -0.05) is 32.0 Å². The topological polar surface area (TPSA) is 83.1 Å². The van der Waals surface area contributed by atoms with Crippen LogP contribution in [0.25, 0.3) is 0 Å². The summed E-state index contributed by atoms with van der Waals surface area (Å²) in [4.78, 5) is 29.6. The van der Waals surface area contributed by atoms with Gasteiger partial charge >= 0.3 is 6.03 Å². The van der Waals surface area contributed by atoms with E-state index in [0.29, 0.717) is 10.8 Å². The zero-order valence-corrected chi connectivity index (χ0v) is 14.1. The van der Waals surface area contributed by atoms with Gasteiger partial charge in [0.2, 0.25) is 5.91 Å². The Hall–Kier alpha value is -2.41. The predicted octanol–water partition coefficient (Wildman–Crippen LogP) is 3.24. The highest BCUT2D eigenvalue weighted by Gasteiger charge is 2.25. The number of hydrogen-bond donors (Lipinski definition) is 3. The number of hydrogen-bond acceptors (Lipinski definition) is 4. The Bertz CT molecular complexity index is 670. The van der Waals surface area contributed by atoms with Crippen LogP contribution >= 0.6 is 11.3 Å². The lowest BCUT2D eigenvalue weighted by molar-refractivity contribution is -0.118. The molecule has 0 aliphatic rings. The van der Waals surface area contributed by atoms with Crippen LogP contribution in [0.3, 0.4) is 0 Å². The normalized spacial score (nSPS) is 11.8. The van der Waals surface area contributed by atoms with E-state index in [0.717, 1.165) is 4.88 Å². The molecule has 122 valence electrons. The van der Waals surface area contributed by atoms with Crippen molar-refractivity contribution in [2.75, 3.05) is 10.6 Å². The minimum atomic E-state index is -0.650. The van der Waals surface area contributed by atoms with Crippen LogP contribution in [0.1, 0.15) is 18.7 Å². The molecule has 0 spiro atoms. The number of anilines is 2. The molecular weight excluding hydrogens is 312 g/mol. The molecule has 0 saturated carbocycles. The summed E-state index contributed by atoms with van der Waals surface area (Å²) in [5.74, 6) is -0.338. The lowest BCUT2D eigenvalue weighted by atomic mass is 10.0. The SMILES string of the molecule is Cc1cnc(NC(=O)C(NC(=O)Nc2ccccc2)C(C)C)s1. The number of benzene rings is 1. The number of carbonyl (C=O) groups excluding carboxylic acids is 2. The van der Waals surface area contributed by atoms with Gasteiger partial charge in [-0.15, -0.1) is 11.3 Å². The van der Waals surface area contributed by atoms with E-state index in [1.54, 1.807) is 18.3 Å². The molecular formula is C16H20N4O2S. The third-order valence-electron chi connectivity index (χ3n) is 3.12. The third kappa shape index (κ3) is 5.07. The summed E-state index contributed by atoms with van der Waals surface area (Å²) in [5, 5.41) is 8.68. The Morgan fingerprint density at radius 1 is 1.13 bits per heavy atom. The summed E-state index contributed by atoms with van der Waals surface area (Å²) in [6, 6.07) is 8.01. The van der Waals surface area contributed by atoms with E-state index in [1.807, 2.05) is 39.0 Å². The van der Waals surface area contributed by atoms with E-state index in [9.17, 15) is 9.59 Å². The zero-order valence-electron chi connectivity index (χ0n) is 13.3. The monoisotopic (exact) mass is 332 g/mol. The number of aryl methyl sites for hydroxylation is 1. The first-order chi connectivity index (χ1) is 11.0. The van der Waals surface area contributed by atoms with Gasteiger partial charge in [-0.05, 0) is 25.0 Å². The van der Waals surface area contributed by atoms with Crippen molar-refractivity contribution in [1.82, 2.24) is 10.3 Å². The molecule has 7 heteroatoms. The summed E-state index contributed by atoms with van der Waals surface area (Å²) in [6.45, 7) is 5.67. The molecule has 2 aromatic rings. The molecule has 1 atom stereocenters. The van der Waals surface area contributed by atoms with Crippen molar-refractivity contribution < 1.29 is 9.59 Å². The zero-order chi connectivity index (χ0) is 16.8. The van der Waals surface area contributed by atoms with E-state index >= 15 is 0 Å². The number of rotatable bonds is 5. The minimum Gasteiger partial charge on any atom is -0.326 e. The van der Waals surface area contributed by atoms with Crippen molar-refractivity contribution in [1.29, 1.82) is 0 Å². The van der Waals surface area contributed by atoms with Crippen LogP contribution in [0, 0.1) is 12.8 Å². The first kappa shape index (κ1) is 17.0. The van der Waals surface area contributed by atoms with Gasteiger partial charge in [-0.2, -0.15) is 0 Å². The van der Waals surface area contributed by atoms with E-state index in [2.05, 4.69) is 20.9 Å². The van der Waals surface area contributed by atoms with Crippen LogP contribution in [0.15, 0.2) is 36.5 Å². The number of aromatic nitrogens is 1. The average Bonchev–Trinajstić information content (AvgIpc) is 2.90. The van der Waals surface area contributed by atoms with Crippen molar-refractivity contribution in [3.8, 4) is 0 Å². The lowest BCUT2D eigenvalue weighted by Gasteiger charge is -2.21. The van der Waals surface area contributed by atoms with Crippen molar-refractivity contribution in [2.24, 2.45) is 5.92 Å². The molecule has 3 N–H and O–H groups in total. The summed E-state index contributed by atoms with van der Waals surface area (Å²) >= 11 is 1.40. The largest absolute Gasteiger partial charge is 0.326 e. The van der Waals surface area contributed by atoms with Gasteiger partial charge in [0.25, 0.3) is 0 Å². The molecule has 0 bridgehead atoms. The number of amides is 3. The summed E-state index contributed by atoms with van der Waals surface area (Å²) in [5.41, 5.74) is 0.670. The van der Waals surface area contributed by atoms with Gasteiger partial charge in [0.15, 0.2) is 5.13 Å². The maximum Gasteiger partial charge on any atom is 0.319 e. The van der Waals surface area contributed by atoms with Crippen LogP contribution in [0.5, 0.6) is 0 Å². The fourth-order valence-corrected chi connectivity index (χ4v) is 2.63. The number of urea groups is 1. The molecule has 2 rings (SSSR count). The summed E-state index contributed by atoms with van der Waals surface area (Å²) < 4.78 is 0. The van der Waals surface area contributed by atoms with Crippen LogP contribution in [-0.2, 0) is 4.79 Å². The summed E-state index contributed by atoms with van der Waals surface area (Å²) in [6.07, 6.45) is 1.69. The number of para-hydroxylation sites is 1. The van der Waals surface area contributed by atoms with Crippen molar-refractivity contribution in [3.05, 3.63) is 41.4 Å². The third-order valence-corrected chi connectivity index (χ3v) is 3.95. The lowest BCUT2D eigenvalue weighted by Crippen LogP contribution is -2.48. The first-order valence-corrected chi connectivity index (χ1v) is 8.13. The second-order valence-electron chi connectivity index (χ2n) is 5.45. The molecule has 1 aromatic heterocycles. The van der Waals surface area contributed by atoms with Crippen LogP contribution < -0.4 is 16.0 Å². The van der Waals surface area contributed by atoms with Crippen molar-refractivity contribution in [2.45, 2.75) is 26.8 Å². The Balaban J connectivity index is 1.97. The Morgan fingerprint density at radius 3 is 2.39 bits per heavy atom. The Morgan fingerprint density at radius 2 is 1.83 bits per heavy atom. The quantitative estimate of drug-likeness (QED) is 0.786. The smallest absolute Gasteiger partial charge is 0.319 e. The highest BCUT2D eigenvalue weighted by molar-refractivity contribution is 7.15. The van der Waals surface area contributed by atoms with Crippen LogP contribution in [0.4, 0.5) is 15.6 Å². The molecule has 1 heterocycles. The van der Waals surface area contributed by atoms with Crippen LogP contribution in [-0.4, -0.2) is 23.0 Å². The van der Waals surface area contributed by atoms with E-state index in [-0.39, 0.29) is 11.8 Å². The molecule has 1 unspecified atom stereocenters. The minimum absolute atomic E-state index is 0.0578. The maximum atomic E-state index is 12.4. The second-order valence-corrected chi connectivity index (χ2v) is 6.69. The van der Waals surface area contributed by atoms with Gasteiger partial charge in [0.1, 0.15) is 6.04 Å².